The maximum atomic E-state index is 10.2. The topological polar surface area (TPSA) is 92.7 Å². The van der Waals surface area contributed by atoms with Gasteiger partial charge in [0.05, 0.1) is 6.10 Å². The van der Waals surface area contributed by atoms with Crippen molar-refractivity contribution >= 4 is 7.60 Å². The van der Waals surface area contributed by atoms with Crippen molar-refractivity contribution in [2.24, 2.45) is 0 Å². The van der Waals surface area contributed by atoms with Crippen LogP contribution in [0.25, 0.3) is 0 Å². The number of aliphatic hydroxyl groups is 1. The van der Waals surface area contributed by atoms with E-state index in [1.165, 1.54) is 0 Å². The molecule has 1 saturated heterocycles. The lowest BCUT2D eigenvalue weighted by molar-refractivity contribution is -0.313. The smallest absolute Gasteiger partial charge is 0.154 e. The van der Waals surface area contributed by atoms with Gasteiger partial charge in [0, 0.05) is 6.42 Å². The lowest BCUT2D eigenvalue weighted by Crippen LogP contribution is -2.20. The zero-order chi connectivity index (χ0) is 9.19. The van der Waals surface area contributed by atoms with Crippen LogP contribution in [-0.4, -0.2) is 23.7 Å². The third kappa shape index (κ3) is 3.65. The van der Waals surface area contributed by atoms with Gasteiger partial charge < -0.3 is 24.2 Å². The van der Waals surface area contributed by atoms with Gasteiger partial charge in [-0.2, -0.15) is 0 Å². The Bertz CT molecular complexity index is 188. The predicted octanol–water partition coefficient (Wildman–Crippen LogP) is -1.21. The highest BCUT2D eigenvalue weighted by Gasteiger charge is 2.22. The first-order valence-corrected chi connectivity index (χ1v) is 5.55. The molecule has 12 heavy (non-hydrogen) atoms. The van der Waals surface area contributed by atoms with Crippen molar-refractivity contribution in [2.45, 2.75) is 31.7 Å². The molecule has 0 amide bonds. The number of hydrogen-bond donors (Lipinski definition) is 1. The zero-order valence-corrected chi connectivity index (χ0v) is 7.40. The summed E-state index contributed by atoms with van der Waals surface area (Å²) < 4.78 is 15.1. The van der Waals surface area contributed by atoms with E-state index in [4.69, 9.17) is 9.84 Å². The maximum absolute atomic E-state index is 10.2. The molecule has 0 aromatic carbocycles. The van der Waals surface area contributed by atoms with Crippen molar-refractivity contribution in [3.05, 3.63) is 0 Å². The van der Waals surface area contributed by atoms with Crippen molar-refractivity contribution in [1.82, 2.24) is 0 Å². The van der Waals surface area contributed by atoms with E-state index >= 15 is 0 Å². The molecule has 5 nitrogen and oxygen atoms in total. The summed E-state index contributed by atoms with van der Waals surface area (Å²) in [6.07, 6.45) is -0.0940. The minimum Gasteiger partial charge on any atom is -0.811 e. The second-order valence-corrected chi connectivity index (χ2v) is 4.58. The summed E-state index contributed by atoms with van der Waals surface area (Å²) in [4.78, 5) is 20.4. The second kappa shape index (κ2) is 3.85. The highest BCUT2D eigenvalue weighted by molar-refractivity contribution is 7.48. The first kappa shape index (κ1) is 10.2. The van der Waals surface area contributed by atoms with Crippen LogP contribution in [0.3, 0.4) is 0 Å². The van der Waals surface area contributed by atoms with E-state index in [2.05, 4.69) is 0 Å². The summed E-state index contributed by atoms with van der Waals surface area (Å²) in [5.74, 6) is 0. The molecule has 0 spiro atoms. The Morgan fingerprint density at radius 1 is 1.50 bits per heavy atom. The Labute approximate surface area is 70.5 Å². The third-order valence-electron chi connectivity index (χ3n) is 1.81. The average Bonchev–Trinajstić information content (AvgIpc) is 2.30. The lowest BCUT2D eigenvalue weighted by Gasteiger charge is -2.30. The van der Waals surface area contributed by atoms with E-state index in [1.54, 1.807) is 0 Å². The molecule has 1 rings (SSSR count). The summed E-state index contributed by atoms with van der Waals surface area (Å²) in [5.41, 5.74) is 0. The second-order valence-electron chi connectivity index (χ2n) is 2.91. The maximum Gasteiger partial charge on any atom is 0.154 e. The largest absolute Gasteiger partial charge is 0.811 e. The summed E-state index contributed by atoms with van der Waals surface area (Å²) in [6, 6.07) is 0. The van der Waals surface area contributed by atoms with Crippen molar-refractivity contribution in [3.63, 3.8) is 0 Å². The molecule has 0 radical (unpaired) electrons. The Hall–Kier alpha value is 0.0700. The van der Waals surface area contributed by atoms with Crippen LogP contribution in [0.15, 0.2) is 0 Å². The summed E-state index contributed by atoms with van der Waals surface area (Å²) >= 11 is 0. The molecule has 72 valence electrons. The molecule has 0 saturated carbocycles. The van der Waals surface area contributed by atoms with E-state index < -0.39 is 13.9 Å². The van der Waals surface area contributed by atoms with Gasteiger partial charge in [0.2, 0.25) is 0 Å². The average molecular weight is 194 g/mol. The Morgan fingerprint density at radius 2 is 2.17 bits per heavy atom. The predicted molar refractivity (Wildman–Crippen MR) is 37.2 cm³/mol. The monoisotopic (exact) mass is 194 g/mol. The van der Waals surface area contributed by atoms with Crippen molar-refractivity contribution < 1.29 is 24.2 Å². The van der Waals surface area contributed by atoms with Gasteiger partial charge in [-0.15, -0.1) is 0 Å². The van der Waals surface area contributed by atoms with Crippen molar-refractivity contribution in [1.29, 1.82) is 0 Å². The number of aliphatic hydroxyl groups excluding tert-OH is 1. The third-order valence-corrected chi connectivity index (χ3v) is 2.62. The van der Waals surface area contributed by atoms with Gasteiger partial charge in [-0.1, -0.05) is 7.60 Å². The Morgan fingerprint density at radius 3 is 2.58 bits per heavy atom. The van der Waals surface area contributed by atoms with Crippen LogP contribution in [0.5, 0.6) is 0 Å². The van der Waals surface area contributed by atoms with E-state index in [1.807, 2.05) is 0 Å². The fraction of sp³-hybridized carbons (Fsp3) is 1.00. The molecule has 0 unspecified atom stereocenters. The molecule has 1 heterocycles. The molecule has 0 aliphatic carbocycles. The molecule has 1 aliphatic heterocycles. The number of hydrogen-bond acceptors (Lipinski definition) is 5. The molecule has 1 N–H and O–H groups in total. The van der Waals surface area contributed by atoms with Crippen LogP contribution in [0, 0.1) is 0 Å². The van der Waals surface area contributed by atoms with Crippen LogP contribution in [-0.2, 0) is 9.30 Å². The minimum absolute atomic E-state index is 0.196. The van der Waals surface area contributed by atoms with Crippen LogP contribution in [0.1, 0.15) is 19.3 Å². The Kier molecular flexibility index (Phi) is 3.26. The molecule has 0 aromatic heterocycles. The van der Waals surface area contributed by atoms with E-state index in [-0.39, 0.29) is 18.7 Å². The van der Waals surface area contributed by atoms with Gasteiger partial charge in [-0.25, -0.2) is 0 Å². The number of rotatable bonds is 3. The highest BCUT2D eigenvalue weighted by atomic mass is 31.2. The molecule has 2 atom stereocenters. The van der Waals surface area contributed by atoms with Gasteiger partial charge >= 0.3 is 0 Å². The normalized spacial score (nSPS) is 30.9. The van der Waals surface area contributed by atoms with Crippen LogP contribution in [0.4, 0.5) is 0 Å². The van der Waals surface area contributed by atoms with Crippen LogP contribution < -0.4 is 9.79 Å². The summed E-state index contributed by atoms with van der Waals surface area (Å²) in [6.45, 7) is 0. The first-order valence-electron chi connectivity index (χ1n) is 3.82. The fourth-order valence-electron chi connectivity index (χ4n) is 1.20. The highest BCUT2D eigenvalue weighted by Crippen LogP contribution is 2.28. The standard InChI is InChI=1S/C6H13O5P/c7-6-2-1-5(11-6)3-4-12(8,9)10/h5-7H,1-4H2,(H2,8,9,10)/p-2/t5-,6-/m0/s1. The van der Waals surface area contributed by atoms with Crippen LogP contribution >= 0.6 is 7.60 Å². The minimum atomic E-state index is -4.40. The SMILES string of the molecule is O=P([O-])([O-])CC[C@@H]1CC[C@@H](O)O1. The lowest BCUT2D eigenvalue weighted by atomic mass is 10.2. The van der Waals surface area contributed by atoms with Gasteiger partial charge in [-0.3, -0.25) is 0 Å². The van der Waals surface area contributed by atoms with Gasteiger partial charge in [0.25, 0.3) is 0 Å². The van der Waals surface area contributed by atoms with Gasteiger partial charge in [0.1, 0.15) is 0 Å². The van der Waals surface area contributed by atoms with Crippen molar-refractivity contribution in [3.8, 4) is 0 Å². The molecular weight excluding hydrogens is 183 g/mol. The van der Waals surface area contributed by atoms with E-state index in [0.29, 0.717) is 12.8 Å². The molecule has 6 heteroatoms. The van der Waals surface area contributed by atoms with Crippen LogP contribution in [0.2, 0.25) is 0 Å². The summed E-state index contributed by atoms with van der Waals surface area (Å²) in [5, 5.41) is 8.88. The quantitative estimate of drug-likeness (QED) is 0.569. The van der Waals surface area contributed by atoms with Crippen molar-refractivity contribution in [2.75, 3.05) is 6.16 Å². The number of ether oxygens (including phenoxy) is 1. The zero-order valence-electron chi connectivity index (χ0n) is 6.51. The van der Waals surface area contributed by atoms with E-state index in [0.717, 1.165) is 0 Å². The first-order chi connectivity index (χ1) is 5.47. The molecule has 1 aliphatic rings. The molecular formula is C6H11O5P-2. The van der Waals surface area contributed by atoms with Gasteiger partial charge in [0.15, 0.2) is 6.29 Å². The fourth-order valence-corrected chi connectivity index (χ4v) is 1.81. The van der Waals surface area contributed by atoms with Gasteiger partial charge in [-0.05, 0) is 19.0 Å². The molecule has 0 aromatic rings. The molecule has 0 bridgehead atoms. The molecule has 1 fully saturated rings. The summed E-state index contributed by atoms with van der Waals surface area (Å²) in [7, 11) is -4.40. The van der Waals surface area contributed by atoms with E-state index in [9.17, 15) is 14.4 Å². The Balaban J connectivity index is 2.21.